The summed E-state index contributed by atoms with van der Waals surface area (Å²) in [6, 6.07) is 94.3. The molecule has 12 aromatic carbocycles. The topological polar surface area (TPSA) is 81.2 Å². The molecule has 0 aliphatic carbocycles. The number of aryl methyl sites for hydroxylation is 8. The lowest BCUT2D eigenvalue weighted by molar-refractivity contribution is -0.659. The van der Waals surface area contributed by atoms with Crippen molar-refractivity contribution < 1.29 is 40.4 Å². The number of furan rings is 5. The summed E-state index contributed by atoms with van der Waals surface area (Å²) in [5.74, 6) is 0.903. The molecule has 0 spiro atoms. The zero-order valence-corrected chi connectivity index (χ0v) is 65.2. The summed E-state index contributed by atoms with van der Waals surface area (Å²) in [7, 11) is 8.34. The summed E-state index contributed by atoms with van der Waals surface area (Å²) >= 11 is 5.58. The summed E-state index contributed by atoms with van der Waals surface area (Å²) < 4.78 is 43.9. The van der Waals surface area contributed by atoms with Crippen LogP contribution in [0.4, 0.5) is 0 Å². The Hall–Kier alpha value is -13.1. The van der Waals surface area contributed by atoms with Gasteiger partial charge in [-0.15, -0.1) is 34.0 Å². The van der Waals surface area contributed by atoms with E-state index in [-0.39, 0.29) is 29.7 Å². The zero-order chi connectivity index (χ0) is 75.3. The van der Waals surface area contributed by atoms with Crippen molar-refractivity contribution in [1.29, 1.82) is 0 Å². The van der Waals surface area contributed by atoms with Crippen LogP contribution in [0.2, 0.25) is 0 Å². The van der Waals surface area contributed by atoms with Gasteiger partial charge < -0.3 is 22.1 Å². The van der Waals surface area contributed by atoms with Crippen molar-refractivity contribution in [2.24, 2.45) is 28.2 Å². The largest absolute Gasteiger partial charge is 0.450 e. The van der Waals surface area contributed by atoms with Gasteiger partial charge in [-0.1, -0.05) is 212 Å². The molecule has 0 amide bonds. The number of nitrogens with zero attached hydrogens (tertiary/aromatic N) is 4. The van der Waals surface area contributed by atoms with Crippen molar-refractivity contribution in [3.05, 3.63) is 313 Å². The second-order valence-corrected chi connectivity index (χ2v) is 32.9. The molecule has 0 radical (unpaired) electrons. The molecule has 12 heteroatoms. The first kappa shape index (κ1) is 75.6. The highest BCUT2D eigenvalue weighted by molar-refractivity contribution is 7.23. The first-order chi connectivity index (χ1) is 54.8. The van der Waals surface area contributed by atoms with Crippen LogP contribution in [-0.4, -0.2) is 0 Å². The van der Waals surface area contributed by atoms with Gasteiger partial charge in [-0.05, 0) is 143 Å². The highest BCUT2D eigenvalue weighted by Gasteiger charge is 2.28. The van der Waals surface area contributed by atoms with Crippen molar-refractivity contribution in [2.75, 3.05) is 0 Å². The number of hydrogen-bond donors (Lipinski definition) is 0. The van der Waals surface area contributed by atoms with Gasteiger partial charge in [0, 0.05) is 113 Å². The molecular weight excluding hydrogens is 1480 g/mol. The van der Waals surface area contributed by atoms with Gasteiger partial charge in [-0.2, -0.15) is 18.3 Å². The molecular formula is C104H88N4O5S3+4. The van der Waals surface area contributed by atoms with Crippen molar-refractivity contribution >= 4 is 206 Å². The molecule has 0 unspecified atom stereocenters. The molecule has 0 aliphatic heterocycles. The van der Waals surface area contributed by atoms with Crippen LogP contribution in [0.15, 0.2) is 314 Å². The van der Waals surface area contributed by atoms with Gasteiger partial charge in [0.25, 0.3) is 0 Å². The second-order valence-electron chi connectivity index (χ2n) is 29.5. The third kappa shape index (κ3) is 12.4. The molecule has 24 aromatic rings. The Labute approximate surface area is 684 Å². The first-order valence-corrected chi connectivity index (χ1v) is 40.1. The average Bonchev–Trinajstić information content (AvgIpc) is 1.60. The highest BCUT2D eigenvalue weighted by atomic mass is 32.1. The van der Waals surface area contributed by atoms with E-state index in [4.69, 9.17) is 22.1 Å². The number of benzene rings is 12. The van der Waals surface area contributed by atoms with Gasteiger partial charge in [0.15, 0.2) is 22.3 Å². The maximum Gasteiger partial charge on any atom is 0.249 e. The molecule has 0 fully saturated rings. The minimum Gasteiger partial charge on any atom is -0.450 e. The fourth-order valence-electron chi connectivity index (χ4n) is 16.9. The molecule has 0 bridgehead atoms. The SMILES string of the molecule is C.C.C.C.Cc1c(-c2cc3c(c[n+]2C)oc2c4ccccc4ccc32)sc2ccccc12.Cc1c(-c2cc3c(c[n+]2C)oc2cc4ccccc4cc23)oc2ccccc12.Cc1c(-c2cc3c(c[n+]2C)oc2cc4ccccc4cc23)sc2ccccc12.Cc1sc2ccccc2c1-c1cc2c(c[n+]1C)oc1c3ccccc3ccc21. The molecule has 12 heterocycles. The van der Waals surface area contributed by atoms with Crippen molar-refractivity contribution in [3.8, 4) is 43.9 Å². The predicted octanol–water partition coefficient (Wildman–Crippen LogP) is 29.1. The number of aromatic nitrogens is 4. The van der Waals surface area contributed by atoms with Crippen LogP contribution in [0.25, 0.3) is 216 Å². The molecule has 0 saturated heterocycles. The molecule has 116 heavy (non-hydrogen) atoms. The van der Waals surface area contributed by atoms with Crippen LogP contribution in [0, 0.1) is 27.7 Å². The summed E-state index contributed by atoms with van der Waals surface area (Å²) in [4.78, 5) is 3.98. The first-order valence-electron chi connectivity index (χ1n) is 37.7. The van der Waals surface area contributed by atoms with Crippen LogP contribution in [-0.2, 0) is 28.2 Å². The number of pyridine rings is 4. The van der Waals surface area contributed by atoms with Crippen LogP contribution in [0.5, 0.6) is 0 Å². The number of rotatable bonds is 4. The Kier molecular flexibility index (Phi) is 19.3. The maximum atomic E-state index is 6.32. The van der Waals surface area contributed by atoms with Crippen LogP contribution < -0.4 is 18.3 Å². The molecule has 12 aromatic heterocycles. The highest BCUT2D eigenvalue weighted by Crippen LogP contribution is 2.45. The standard InChI is InChI=1S/C25H18NO2.3C25H18NOS.4CH4/c1-15-18-9-5-6-10-22(18)28-25(15)21-13-20-19-11-16-7-3-4-8-17(16)12-23(19)27-24(20)14-26(21)2;1-15-17-8-5-6-10-23(17)28-25(15)21-13-20-19-12-11-16-7-3-4-9-18(16)24(19)27-22(20)14-26(21)2;1-15-18-9-5-6-10-24(18)28-25(15)21-13-20-19-11-16-7-3-4-8-17(16)12-22(19)27-23(20)14-26(21)2;1-15-24(19-9-5-6-10-23(19)28-15)21-13-20-18-12-11-16-7-3-4-8-17(16)25(18)27-22(20)14-26(21)2;;;;/h4*3-14H,1-2H3;4*1H4/q4*+1;;;;. The summed E-state index contributed by atoms with van der Waals surface area (Å²) in [6.07, 6.45) is 8.38. The van der Waals surface area contributed by atoms with Crippen molar-refractivity contribution in [1.82, 2.24) is 0 Å². The van der Waals surface area contributed by atoms with E-state index >= 15 is 0 Å². The Morgan fingerprint density at radius 1 is 0.233 bits per heavy atom. The smallest absolute Gasteiger partial charge is 0.249 e. The van der Waals surface area contributed by atoms with Gasteiger partial charge in [-0.3, -0.25) is 0 Å². The van der Waals surface area contributed by atoms with E-state index in [1.54, 1.807) is 0 Å². The van der Waals surface area contributed by atoms with E-state index in [1.165, 1.54) is 149 Å². The zero-order valence-electron chi connectivity index (χ0n) is 62.8. The van der Waals surface area contributed by atoms with E-state index in [1.807, 2.05) is 65.5 Å². The fraction of sp³-hybridized carbons (Fsp3) is 0.115. The molecule has 0 atom stereocenters. The molecule has 0 saturated carbocycles. The Bertz CT molecular complexity index is 7650. The van der Waals surface area contributed by atoms with Gasteiger partial charge >= 0.3 is 0 Å². The molecule has 9 nitrogen and oxygen atoms in total. The van der Waals surface area contributed by atoms with Crippen LogP contribution in [0.3, 0.4) is 0 Å². The van der Waals surface area contributed by atoms with Gasteiger partial charge in [0.1, 0.15) is 65.9 Å². The van der Waals surface area contributed by atoms with Gasteiger partial charge in [0.2, 0.25) is 53.3 Å². The number of thiophene rings is 3. The van der Waals surface area contributed by atoms with E-state index in [0.717, 1.165) is 88.8 Å². The lowest BCUT2D eigenvalue weighted by atomic mass is 10.0. The third-order valence-corrected chi connectivity index (χ3v) is 26.4. The molecule has 0 aliphatic rings. The quantitative estimate of drug-likeness (QED) is 0.164. The Morgan fingerprint density at radius 3 is 1.03 bits per heavy atom. The summed E-state index contributed by atoms with van der Waals surface area (Å²) in [6.45, 7) is 8.77. The van der Waals surface area contributed by atoms with Gasteiger partial charge in [0.05, 0.1) is 5.56 Å². The van der Waals surface area contributed by atoms with Gasteiger partial charge in [-0.25, -0.2) is 0 Å². The minimum absolute atomic E-state index is 0. The molecule has 0 N–H and O–H groups in total. The maximum absolute atomic E-state index is 6.32. The van der Waals surface area contributed by atoms with E-state index < -0.39 is 0 Å². The van der Waals surface area contributed by atoms with E-state index in [2.05, 4.69) is 334 Å². The minimum atomic E-state index is 0. The van der Waals surface area contributed by atoms with Crippen LogP contribution in [0.1, 0.15) is 51.3 Å². The van der Waals surface area contributed by atoms with Crippen molar-refractivity contribution in [3.63, 3.8) is 0 Å². The lowest BCUT2D eigenvalue weighted by Crippen LogP contribution is -2.30. The van der Waals surface area contributed by atoms with E-state index in [0.29, 0.717) is 0 Å². The predicted molar refractivity (Wildman–Crippen MR) is 493 cm³/mol. The Morgan fingerprint density at radius 2 is 0.569 bits per heavy atom. The fourth-order valence-corrected chi connectivity index (χ4v) is 20.6. The Balaban J connectivity index is 0.000000110. The summed E-state index contributed by atoms with van der Waals surface area (Å²) in [5, 5.41) is 24.0. The third-order valence-electron chi connectivity index (χ3n) is 22.7. The molecule has 24 rings (SSSR count). The van der Waals surface area contributed by atoms with Crippen LogP contribution >= 0.6 is 34.0 Å². The average molecular weight is 1570 g/mol. The second kappa shape index (κ2) is 29.7. The molecule has 568 valence electrons. The normalized spacial score (nSPS) is 11.5. The number of hydrogen-bond acceptors (Lipinski definition) is 8. The number of fused-ring (bicyclic) bond motifs is 22. The van der Waals surface area contributed by atoms with E-state index in [9.17, 15) is 0 Å². The summed E-state index contributed by atoms with van der Waals surface area (Å²) in [5.41, 5.74) is 18.2. The monoisotopic (exact) mass is 1570 g/mol. The van der Waals surface area contributed by atoms with Crippen molar-refractivity contribution in [2.45, 2.75) is 57.4 Å². The lowest BCUT2D eigenvalue weighted by Gasteiger charge is -2.01. The number of para-hydroxylation sites is 1.